The number of anilines is 2. The molecule has 0 spiro atoms. The summed E-state index contributed by atoms with van der Waals surface area (Å²) in [5.74, 6) is 0.382. The van der Waals surface area contributed by atoms with Gasteiger partial charge in [-0.15, -0.1) is 0 Å². The quantitative estimate of drug-likeness (QED) is 0.182. The lowest BCUT2D eigenvalue weighted by Crippen LogP contribution is -2.50. The van der Waals surface area contributed by atoms with Crippen LogP contribution >= 0.6 is 23.2 Å². The van der Waals surface area contributed by atoms with Crippen molar-refractivity contribution in [2.75, 3.05) is 41.9 Å². The number of hydrogen-bond acceptors (Lipinski definition) is 9. The number of ether oxygens (including phenoxy) is 2. The minimum absolute atomic E-state index is 0.131. The van der Waals surface area contributed by atoms with E-state index in [9.17, 15) is 18.0 Å². The highest BCUT2D eigenvalue weighted by atomic mass is 35.5. The third kappa shape index (κ3) is 8.73. The summed E-state index contributed by atoms with van der Waals surface area (Å²) in [7, 11) is -4.37. The van der Waals surface area contributed by atoms with Crippen molar-refractivity contribution in [3.63, 3.8) is 0 Å². The lowest BCUT2D eigenvalue weighted by molar-refractivity contribution is -0.152. The summed E-state index contributed by atoms with van der Waals surface area (Å²) in [6.45, 7) is 12.1. The number of halogens is 2. The second-order valence-corrected chi connectivity index (χ2v) is 16.3. The number of benzene rings is 3. The number of rotatable bonds is 7. The molecule has 260 valence electrons. The maximum absolute atomic E-state index is 14.2. The van der Waals surface area contributed by atoms with Gasteiger partial charge in [0, 0.05) is 53.4 Å². The lowest BCUT2D eigenvalue weighted by Gasteiger charge is -2.36. The molecule has 5 rings (SSSR count). The summed E-state index contributed by atoms with van der Waals surface area (Å²) in [6.07, 6.45) is 1.33. The highest BCUT2D eigenvalue weighted by Gasteiger charge is 2.32. The number of carbonyl (C=O) groups excluding carboxylic acids is 2. The van der Waals surface area contributed by atoms with Crippen LogP contribution < -0.4 is 9.21 Å². The van der Waals surface area contributed by atoms with Gasteiger partial charge >= 0.3 is 12.1 Å². The van der Waals surface area contributed by atoms with Gasteiger partial charge in [0.15, 0.2) is 5.82 Å². The Morgan fingerprint density at radius 3 is 2.08 bits per heavy atom. The van der Waals surface area contributed by atoms with E-state index < -0.39 is 33.7 Å². The first-order valence-corrected chi connectivity index (χ1v) is 17.9. The zero-order chi connectivity index (χ0) is 35.7. The lowest BCUT2D eigenvalue weighted by atomic mass is 10.0. The molecule has 0 unspecified atom stereocenters. The van der Waals surface area contributed by atoms with E-state index in [1.165, 1.54) is 18.2 Å². The van der Waals surface area contributed by atoms with Crippen molar-refractivity contribution >= 4 is 67.6 Å². The zero-order valence-corrected chi connectivity index (χ0v) is 30.6. The maximum Gasteiger partial charge on any atom is 0.410 e. The molecule has 1 amide bonds. The third-order valence-electron chi connectivity index (χ3n) is 7.42. The van der Waals surface area contributed by atoms with Gasteiger partial charge in [-0.1, -0.05) is 53.5 Å². The summed E-state index contributed by atoms with van der Waals surface area (Å²) in [4.78, 5) is 38.7. The Labute approximate surface area is 296 Å². The maximum atomic E-state index is 14.2. The third-order valence-corrected chi connectivity index (χ3v) is 9.60. The molecule has 1 aromatic heterocycles. The van der Waals surface area contributed by atoms with Crippen molar-refractivity contribution in [2.24, 2.45) is 0 Å². The second kappa shape index (κ2) is 14.0. The van der Waals surface area contributed by atoms with E-state index in [0.717, 1.165) is 4.31 Å². The largest absolute Gasteiger partial charge is 0.459 e. The van der Waals surface area contributed by atoms with Crippen LogP contribution in [0, 0.1) is 0 Å². The molecule has 1 aliphatic heterocycles. The number of piperazine rings is 1. The average Bonchev–Trinajstić information content (AvgIpc) is 3.01. The van der Waals surface area contributed by atoms with Gasteiger partial charge in [-0.3, -0.25) is 9.10 Å². The average molecular weight is 729 g/mol. The summed E-state index contributed by atoms with van der Waals surface area (Å²) < 4.78 is 40.5. The van der Waals surface area contributed by atoms with Crippen LogP contribution in [0.15, 0.2) is 71.8 Å². The van der Waals surface area contributed by atoms with Crippen LogP contribution in [0.25, 0.3) is 22.2 Å². The van der Waals surface area contributed by atoms with Gasteiger partial charge in [0.1, 0.15) is 23.6 Å². The summed E-state index contributed by atoms with van der Waals surface area (Å²) in [6, 6.07) is 16.4. The molecule has 0 saturated carbocycles. The topological polar surface area (TPSA) is 122 Å². The fourth-order valence-electron chi connectivity index (χ4n) is 5.40. The Bertz CT molecular complexity index is 1970. The Morgan fingerprint density at radius 2 is 1.45 bits per heavy atom. The van der Waals surface area contributed by atoms with Crippen LogP contribution in [-0.4, -0.2) is 79.3 Å². The van der Waals surface area contributed by atoms with Crippen LogP contribution in [0.4, 0.5) is 16.3 Å². The highest BCUT2D eigenvalue weighted by Crippen LogP contribution is 2.36. The van der Waals surface area contributed by atoms with Gasteiger partial charge in [-0.2, -0.15) is 0 Å². The van der Waals surface area contributed by atoms with Crippen LogP contribution in [-0.2, 0) is 24.3 Å². The summed E-state index contributed by atoms with van der Waals surface area (Å²) >= 11 is 12.4. The van der Waals surface area contributed by atoms with Gasteiger partial charge in [-0.25, -0.2) is 23.2 Å². The molecular formula is C35H39Cl2N5O6S. The van der Waals surface area contributed by atoms with Crippen LogP contribution in [0.2, 0.25) is 10.0 Å². The molecule has 0 bridgehead atoms. The predicted molar refractivity (Wildman–Crippen MR) is 192 cm³/mol. The highest BCUT2D eigenvalue weighted by molar-refractivity contribution is 7.93. The number of sulfonamides is 1. The van der Waals surface area contributed by atoms with Gasteiger partial charge in [-0.05, 0) is 77.3 Å². The van der Waals surface area contributed by atoms with Gasteiger partial charge in [0.05, 0.1) is 10.6 Å². The first-order valence-electron chi connectivity index (χ1n) is 15.7. The molecule has 0 atom stereocenters. The zero-order valence-electron chi connectivity index (χ0n) is 28.2. The number of carbonyl (C=O) groups is 2. The van der Waals surface area contributed by atoms with Gasteiger partial charge in [0.25, 0.3) is 10.0 Å². The van der Waals surface area contributed by atoms with E-state index in [0.29, 0.717) is 54.2 Å². The molecule has 1 fully saturated rings. The molecule has 0 radical (unpaired) electrons. The molecule has 0 aliphatic carbocycles. The first kappa shape index (κ1) is 36.2. The summed E-state index contributed by atoms with van der Waals surface area (Å²) in [5, 5.41) is 1.47. The molecular weight excluding hydrogens is 689 g/mol. The Hall–Kier alpha value is -4.13. The Balaban J connectivity index is 1.51. The van der Waals surface area contributed by atoms with E-state index in [2.05, 4.69) is 9.88 Å². The second-order valence-electron chi connectivity index (χ2n) is 13.6. The van der Waals surface area contributed by atoms with Crippen molar-refractivity contribution in [1.29, 1.82) is 0 Å². The first-order chi connectivity index (χ1) is 22.9. The molecule has 1 aliphatic rings. The van der Waals surface area contributed by atoms with Gasteiger partial charge < -0.3 is 19.3 Å². The molecule has 3 aromatic carbocycles. The van der Waals surface area contributed by atoms with Crippen LogP contribution in [0.5, 0.6) is 0 Å². The predicted octanol–water partition coefficient (Wildman–Crippen LogP) is 7.20. The number of amides is 1. The Morgan fingerprint density at radius 1 is 0.837 bits per heavy atom. The normalized spacial score (nSPS) is 14.1. The summed E-state index contributed by atoms with van der Waals surface area (Å²) in [5.41, 5.74) is -0.513. The number of esters is 1. The minimum atomic E-state index is -4.37. The molecule has 14 heteroatoms. The van der Waals surface area contributed by atoms with E-state index >= 15 is 0 Å². The number of nitrogens with zero attached hydrogens (tertiary/aromatic N) is 5. The fourth-order valence-corrected chi connectivity index (χ4v) is 7.56. The number of aromatic nitrogens is 2. The number of fused-ring (bicyclic) bond motifs is 1. The molecule has 4 aromatic rings. The van der Waals surface area contributed by atoms with Crippen molar-refractivity contribution in [3.05, 3.63) is 76.9 Å². The van der Waals surface area contributed by atoms with Crippen molar-refractivity contribution in [3.8, 4) is 11.4 Å². The SMILES string of the molecule is CC(C)(C)OC(=O)CN(c1cccc2c(-c3nccc(N4CCN(C(=O)OC(C)(C)C)CC4)n3)cccc12)S(=O)(=O)c1cc(Cl)cc(Cl)c1. The van der Waals surface area contributed by atoms with Gasteiger partial charge in [0.2, 0.25) is 0 Å². The molecule has 2 heterocycles. The van der Waals surface area contributed by atoms with Crippen molar-refractivity contribution in [1.82, 2.24) is 14.9 Å². The molecule has 1 saturated heterocycles. The Kier molecular flexibility index (Phi) is 10.3. The molecule has 11 nitrogen and oxygen atoms in total. The smallest absolute Gasteiger partial charge is 0.410 e. The monoisotopic (exact) mass is 727 g/mol. The van der Waals surface area contributed by atoms with Crippen molar-refractivity contribution < 1.29 is 27.5 Å². The minimum Gasteiger partial charge on any atom is -0.459 e. The van der Waals surface area contributed by atoms with E-state index in [1.54, 1.807) is 56.1 Å². The molecule has 0 N–H and O–H groups in total. The van der Waals surface area contributed by atoms with E-state index in [4.69, 9.17) is 37.7 Å². The molecule has 49 heavy (non-hydrogen) atoms. The fraction of sp³-hybridized carbons (Fsp3) is 0.371. The van der Waals surface area contributed by atoms with E-state index in [-0.39, 0.29) is 26.7 Å². The van der Waals surface area contributed by atoms with Crippen LogP contribution in [0.1, 0.15) is 41.5 Å². The standard InChI is InChI=1S/C35H39Cl2N5O6S/c1-34(2,3)47-31(43)22-42(49(45,46)25-20-23(36)19-24(37)21-25)29-12-8-9-26-27(29)10-7-11-28(26)32-38-14-13-30(39-32)40-15-17-41(18-16-40)33(44)48-35(4,5)6/h7-14,19-21H,15-18,22H2,1-6H3. The number of hydrogen-bond donors (Lipinski definition) is 0. The van der Waals surface area contributed by atoms with Crippen molar-refractivity contribution in [2.45, 2.75) is 57.6 Å². The van der Waals surface area contributed by atoms with E-state index in [1.807, 2.05) is 39.0 Å². The van der Waals surface area contributed by atoms with Crippen LogP contribution in [0.3, 0.4) is 0 Å².